The summed E-state index contributed by atoms with van der Waals surface area (Å²) in [4.78, 5) is 24.1. The Hall–Kier alpha value is -1.66. The first-order valence-electron chi connectivity index (χ1n) is 10.5. The highest BCUT2D eigenvalue weighted by atomic mass is 16.1. The standard InChI is InChI=1S/C21H35N5O/c1-17(2)25-12-14-26(15-13-25)20-8-7-18(16-23-20)21(27)22-10-9-19-6-4-5-11-24(19)3/h7-8,16-17,19H,4-6,9-15H2,1-3H3,(H,22,27)/t19-/m1/s1. The zero-order chi connectivity index (χ0) is 19.2. The van der Waals surface area contributed by atoms with Crippen molar-refractivity contribution in [2.45, 2.75) is 51.6 Å². The number of carbonyl (C=O) groups is 1. The van der Waals surface area contributed by atoms with Gasteiger partial charge in [-0.15, -0.1) is 0 Å². The van der Waals surface area contributed by atoms with E-state index in [1.165, 1.54) is 25.8 Å². The molecule has 2 aliphatic rings. The van der Waals surface area contributed by atoms with Crippen molar-refractivity contribution in [2.24, 2.45) is 0 Å². The largest absolute Gasteiger partial charge is 0.354 e. The van der Waals surface area contributed by atoms with Gasteiger partial charge in [-0.3, -0.25) is 9.69 Å². The minimum Gasteiger partial charge on any atom is -0.354 e. The molecule has 0 unspecified atom stereocenters. The summed E-state index contributed by atoms with van der Waals surface area (Å²) in [5.74, 6) is 0.955. The number of amides is 1. The molecule has 1 aromatic rings. The topological polar surface area (TPSA) is 51.7 Å². The van der Waals surface area contributed by atoms with Crippen molar-refractivity contribution < 1.29 is 4.79 Å². The van der Waals surface area contributed by atoms with E-state index in [9.17, 15) is 4.79 Å². The van der Waals surface area contributed by atoms with Crippen LogP contribution in [0.25, 0.3) is 0 Å². The molecule has 0 bridgehead atoms. The average Bonchev–Trinajstić information content (AvgIpc) is 2.69. The lowest BCUT2D eigenvalue weighted by Gasteiger charge is -2.37. The van der Waals surface area contributed by atoms with Gasteiger partial charge in [0.1, 0.15) is 5.82 Å². The lowest BCUT2D eigenvalue weighted by atomic mass is 10.0. The molecule has 0 spiro atoms. The van der Waals surface area contributed by atoms with Crippen LogP contribution in [0, 0.1) is 0 Å². The monoisotopic (exact) mass is 373 g/mol. The van der Waals surface area contributed by atoms with Crippen LogP contribution in [0.15, 0.2) is 18.3 Å². The van der Waals surface area contributed by atoms with Gasteiger partial charge >= 0.3 is 0 Å². The maximum Gasteiger partial charge on any atom is 0.252 e. The Labute approximate surface area is 163 Å². The fourth-order valence-electron chi connectivity index (χ4n) is 4.14. The summed E-state index contributed by atoms with van der Waals surface area (Å²) >= 11 is 0. The minimum atomic E-state index is -0.0165. The summed E-state index contributed by atoms with van der Waals surface area (Å²) in [7, 11) is 2.19. The molecule has 1 atom stereocenters. The fraction of sp³-hybridized carbons (Fsp3) is 0.714. The molecule has 3 rings (SSSR count). The van der Waals surface area contributed by atoms with Crippen molar-refractivity contribution in [1.82, 2.24) is 20.1 Å². The molecule has 1 aromatic heterocycles. The number of anilines is 1. The summed E-state index contributed by atoms with van der Waals surface area (Å²) in [5, 5.41) is 3.06. The van der Waals surface area contributed by atoms with E-state index in [0.717, 1.165) is 45.0 Å². The first kappa shape index (κ1) is 20.1. The molecule has 0 radical (unpaired) electrons. The Bertz CT molecular complexity index is 595. The second-order valence-electron chi connectivity index (χ2n) is 8.20. The third-order valence-corrected chi connectivity index (χ3v) is 6.06. The quantitative estimate of drug-likeness (QED) is 0.829. The fourth-order valence-corrected chi connectivity index (χ4v) is 4.14. The average molecular weight is 374 g/mol. The number of pyridine rings is 1. The number of piperidine rings is 1. The third-order valence-electron chi connectivity index (χ3n) is 6.06. The van der Waals surface area contributed by atoms with Crippen LogP contribution in [0.1, 0.15) is 49.9 Å². The van der Waals surface area contributed by atoms with Gasteiger partial charge in [0.25, 0.3) is 5.91 Å². The summed E-state index contributed by atoms with van der Waals surface area (Å²) in [5.41, 5.74) is 0.650. The Balaban J connectivity index is 1.45. The molecule has 2 fully saturated rings. The number of carbonyl (C=O) groups excluding carboxylic acids is 1. The summed E-state index contributed by atoms with van der Waals surface area (Å²) in [6.45, 7) is 10.5. The van der Waals surface area contributed by atoms with Gasteiger partial charge in [-0.05, 0) is 58.8 Å². The smallest absolute Gasteiger partial charge is 0.252 e. The van der Waals surface area contributed by atoms with Crippen LogP contribution in [-0.4, -0.2) is 79.1 Å². The molecule has 27 heavy (non-hydrogen) atoms. The minimum absolute atomic E-state index is 0.0165. The van der Waals surface area contributed by atoms with Crippen LogP contribution in [0.5, 0.6) is 0 Å². The predicted octanol–water partition coefficient (Wildman–Crippen LogP) is 2.22. The second-order valence-corrected chi connectivity index (χ2v) is 8.20. The number of piperazine rings is 1. The zero-order valence-electron chi connectivity index (χ0n) is 17.2. The first-order valence-corrected chi connectivity index (χ1v) is 10.5. The molecular weight excluding hydrogens is 338 g/mol. The molecule has 6 nitrogen and oxygen atoms in total. The summed E-state index contributed by atoms with van der Waals surface area (Å²) in [6.07, 6.45) is 6.58. The molecule has 0 aromatic carbocycles. The lowest BCUT2D eigenvalue weighted by Crippen LogP contribution is -2.49. The van der Waals surface area contributed by atoms with Crippen molar-refractivity contribution in [3.05, 3.63) is 23.9 Å². The van der Waals surface area contributed by atoms with Gasteiger partial charge in [-0.25, -0.2) is 4.98 Å². The lowest BCUT2D eigenvalue weighted by molar-refractivity contribution is 0.0945. The van der Waals surface area contributed by atoms with Gasteiger partial charge in [0.2, 0.25) is 0 Å². The number of rotatable bonds is 6. The summed E-state index contributed by atoms with van der Waals surface area (Å²) in [6, 6.07) is 5.08. The first-order chi connectivity index (χ1) is 13.0. The van der Waals surface area contributed by atoms with Crippen LogP contribution in [-0.2, 0) is 0 Å². The molecule has 0 aliphatic carbocycles. The van der Waals surface area contributed by atoms with E-state index in [0.29, 0.717) is 17.6 Å². The van der Waals surface area contributed by atoms with Crippen molar-refractivity contribution in [1.29, 1.82) is 0 Å². The normalized spacial score (nSPS) is 22.2. The van der Waals surface area contributed by atoms with Gasteiger partial charge in [0.05, 0.1) is 5.56 Å². The van der Waals surface area contributed by atoms with E-state index in [-0.39, 0.29) is 5.91 Å². The van der Waals surface area contributed by atoms with Crippen LogP contribution >= 0.6 is 0 Å². The second kappa shape index (κ2) is 9.51. The Morgan fingerprint density at radius 2 is 1.96 bits per heavy atom. The highest BCUT2D eigenvalue weighted by Gasteiger charge is 2.20. The molecule has 150 valence electrons. The van der Waals surface area contributed by atoms with Crippen molar-refractivity contribution in [3.63, 3.8) is 0 Å². The predicted molar refractivity (Wildman–Crippen MR) is 110 cm³/mol. The van der Waals surface area contributed by atoms with Crippen LogP contribution < -0.4 is 10.2 Å². The Kier molecular flexibility index (Phi) is 7.07. The van der Waals surface area contributed by atoms with E-state index < -0.39 is 0 Å². The van der Waals surface area contributed by atoms with Crippen molar-refractivity contribution >= 4 is 11.7 Å². The Morgan fingerprint density at radius 3 is 2.59 bits per heavy atom. The van der Waals surface area contributed by atoms with Crippen molar-refractivity contribution in [2.75, 3.05) is 51.2 Å². The number of likely N-dealkylation sites (tertiary alicyclic amines) is 1. The molecule has 2 aliphatic heterocycles. The van der Waals surface area contributed by atoms with E-state index in [4.69, 9.17) is 0 Å². The van der Waals surface area contributed by atoms with Crippen LogP contribution in [0.2, 0.25) is 0 Å². The number of aromatic nitrogens is 1. The number of hydrogen-bond acceptors (Lipinski definition) is 5. The SMILES string of the molecule is CC(C)N1CCN(c2ccc(C(=O)NCC[C@H]3CCCCN3C)cn2)CC1. The highest BCUT2D eigenvalue weighted by Crippen LogP contribution is 2.18. The molecule has 6 heteroatoms. The molecular formula is C21H35N5O. The van der Waals surface area contributed by atoms with E-state index in [1.807, 2.05) is 12.1 Å². The van der Waals surface area contributed by atoms with Gasteiger partial charge in [-0.1, -0.05) is 6.42 Å². The molecule has 1 amide bonds. The van der Waals surface area contributed by atoms with E-state index in [1.54, 1.807) is 6.20 Å². The third kappa shape index (κ3) is 5.42. The van der Waals surface area contributed by atoms with Crippen molar-refractivity contribution in [3.8, 4) is 0 Å². The number of nitrogens with one attached hydrogen (secondary N) is 1. The number of hydrogen-bond donors (Lipinski definition) is 1. The van der Waals surface area contributed by atoms with Gasteiger partial charge in [0.15, 0.2) is 0 Å². The Morgan fingerprint density at radius 1 is 1.19 bits per heavy atom. The van der Waals surface area contributed by atoms with Gasteiger partial charge in [-0.2, -0.15) is 0 Å². The van der Waals surface area contributed by atoms with E-state index in [2.05, 4.69) is 45.9 Å². The molecule has 2 saturated heterocycles. The molecule has 1 N–H and O–H groups in total. The zero-order valence-corrected chi connectivity index (χ0v) is 17.2. The maximum atomic E-state index is 12.4. The van der Waals surface area contributed by atoms with Gasteiger partial charge < -0.3 is 15.1 Å². The van der Waals surface area contributed by atoms with Crippen LogP contribution in [0.3, 0.4) is 0 Å². The highest BCUT2D eigenvalue weighted by molar-refractivity contribution is 5.94. The summed E-state index contributed by atoms with van der Waals surface area (Å²) < 4.78 is 0. The molecule has 3 heterocycles. The van der Waals surface area contributed by atoms with Gasteiger partial charge in [0, 0.05) is 51.0 Å². The maximum absolute atomic E-state index is 12.4. The van der Waals surface area contributed by atoms with E-state index >= 15 is 0 Å². The molecule has 0 saturated carbocycles. The van der Waals surface area contributed by atoms with Crippen LogP contribution in [0.4, 0.5) is 5.82 Å². The number of nitrogens with zero attached hydrogens (tertiary/aromatic N) is 4.